The molecule has 272 valence electrons. The number of terminal acetylenes is 1. The van der Waals surface area contributed by atoms with Gasteiger partial charge in [0.05, 0.1) is 11.1 Å². The van der Waals surface area contributed by atoms with Gasteiger partial charge in [0.25, 0.3) is 0 Å². The van der Waals surface area contributed by atoms with Gasteiger partial charge in [-0.2, -0.15) is 0 Å². The fourth-order valence-electron chi connectivity index (χ4n) is 10.9. The standard InChI is InChI=1S/C55H41NS/c1-3-4-22-42-37(2)54(33-15-16-34-54)49-27-17-28-50(53(42)49)56(40-20-9-6-10-21-40)41-30-32-51-46(36-41)45-31-29-39(35-52(45)57-51)55(38-18-7-5-8-19-38)47-25-13-11-23-43(47)44-24-12-14-26-48(44)55/h1,4-14,17-32,35-36H,15-16,33-34H2,2H3/b22-4-. The Morgan fingerprint density at radius 1 is 0.596 bits per heavy atom. The number of thiophene rings is 1. The molecule has 7 aromatic carbocycles. The maximum atomic E-state index is 5.84. The number of allylic oxidation sites excluding steroid dienone is 4. The number of anilines is 3. The normalized spacial score (nSPS) is 16.0. The minimum absolute atomic E-state index is 0.0741. The van der Waals surface area contributed by atoms with Gasteiger partial charge in [-0.25, -0.2) is 0 Å². The third kappa shape index (κ3) is 4.83. The lowest BCUT2D eigenvalue weighted by molar-refractivity contribution is 0.534. The van der Waals surface area contributed by atoms with Crippen molar-refractivity contribution in [2.24, 2.45) is 0 Å². The van der Waals surface area contributed by atoms with Crippen molar-refractivity contribution >= 4 is 54.1 Å². The minimum Gasteiger partial charge on any atom is -0.310 e. The molecule has 1 fully saturated rings. The van der Waals surface area contributed by atoms with Crippen LogP contribution in [0.4, 0.5) is 17.1 Å². The molecule has 1 nitrogen and oxygen atoms in total. The van der Waals surface area contributed by atoms with E-state index in [9.17, 15) is 0 Å². The van der Waals surface area contributed by atoms with Crippen LogP contribution in [0.2, 0.25) is 0 Å². The van der Waals surface area contributed by atoms with Crippen LogP contribution >= 0.6 is 11.3 Å². The van der Waals surface area contributed by atoms with Crippen molar-refractivity contribution in [2.75, 3.05) is 4.90 Å². The van der Waals surface area contributed by atoms with Crippen molar-refractivity contribution in [2.45, 2.75) is 43.4 Å². The zero-order valence-electron chi connectivity index (χ0n) is 32.0. The highest BCUT2D eigenvalue weighted by molar-refractivity contribution is 7.25. The largest absolute Gasteiger partial charge is 0.310 e. The number of hydrogen-bond donors (Lipinski definition) is 0. The monoisotopic (exact) mass is 747 g/mol. The van der Waals surface area contributed by atoms with Gasteiger partial charge < -0.3 is 4.90 Å². The number of benzene rings is 7. The highest BCUT2D eigenvalue weighted by atomic mass is 32.1. The molecular formula is C55H41NS. The lowest BCUT2D eigenvalue weighted by Gasteiger charge is -2.33. The third-order valence-corrected chi connectivity index (χ3v) is 14.4. The molecule has 1 saturated carbocycles. The molecule has 1 heterocycles. The average Bonchev–Trinajstić information content (AvgIpc) is 4.03. The Bertz CT molecular complexity index is 2940. The summed E-state index contributed by atoms with van der Waals surface area (Å²) in [6.45, 7) is 2.35. The zero-order valence-corrected chi connectivity index (χ0v) is 32.8. The Morgan fingerprint density at radius 2 is 1.26 bits per heavy atom. The van der Waals surface area contributed by atoms with E-state index in [2.05, 4.69) is 188 Å². The quantitative estimate of drug-likeness (QED) is 0.153. The van der Waals surface area contributed by atoms with Crippen LogP contribution in [0.5, 0.6) is 0 Å². The maximum absolute atomic E-state index is 5.84. The van der Waals surface area contributed by atoms with E-state index in [1.165, 1.54) is 107 Å². The second-order valence-corrected chi connectivity index (χ2v) is 17.0. The van der Waals surface area contributed by atoms with Crippen LogP contribution in [-0.4, -0.2) is 0 Å². The lowest BCUT2D eigenvalue weighted by atomic mass is 9.67. The summed E-state index contributed by atoms with van der Waals surface area (Å²) in [7, 11) is 0. The maximum Gasteiger partial charge on any atom is 0.0714 e. The predicted octanol–water partition coefficient (Wildman–Crippen LogP) is 14.7. The summed E-state index contributed by atoms with van der Waals surface area (Å²) >= 11 is 1.89. The van der Waals surface area contributed by atoms with E-state index >= 15 is 0 Å². The van der Waals surface area contributed by atoms with Gasteiger partial charge >= 0.3 is 0 Å². The van der Waals surface area contributed by atoms with Crippen LogP contribution in [0, 0.1) is 12.3 Å². The van der Waals surface area contributed by atoms with Gasteiger partial charge in [-0.15, -0.1) is 17.8 Å². The molecule has 3 aliphatic carbocycles. The van der Waals surface area contributed by atoms with Crippen molar-refractivity contribution in [3.63, 3.8) is 0 Å². The smallest absolute Gasteiger partial charge is 0.0714 e. The molecule has 0 amide bonds. The highest BCUT2D eigenvalue weighted by Gasteiger charge is 2.47. The molecule has 8 aromatic rings. The number of fused-ring (bicyclic) bond motifs is 8. The van der Waals surface area contributed by atoms with Crippen molar-refractivity contribution in [3.8, 4) is 23.5 Å². The van der Waals surface area contributed by atoms with Gasteiger partial charge in [-0.05, 0) is 119 Å². The fourth-order valence-corrected chi connectivity index (χ4v) is 12.0. The van der Waals surface area contributed by atoms with Crippen LogP contribution in [0.1, 0.15) is 66.0 Å². The van der Waals surface area contributed by atoms with Gasteiger partial charge in [0, 0.05) is 42.5 Å². The third-order valence-electron chi connectivity index (χ3n) is 13.3. The summed E-state index contributed by atoms with van der Waals surface area (Å²) in [5, 5.41) is 2.56. The molecule has 0 bridgehead atoms. The van der Waals surface area contributed by atoms with Gasteiger partial charge in [-0.1, -0.05) is 146 Å². The summed E-state index contributed by atoms with van der Waals surface area (Å²) in [6.07, 6.45) is 14.8. The second-order valence-electron chi connectivity index (χ2n) is 15.9. The van der Waals surface area contributed by atoms with E-state index in [1.54, 1.807) is 0 Å². The minimum atomic E-state index is -0.421. The summed E-state index contributed by atoms with van der Waals surface area (Å²) < 4.78 is 2.59. The van der Waals surface area contributed by atoms with Gasteiger partial charge in [-0.3, -0.25) is 0 Å². The van der Waals surface area contributed by atoms with E-state index in [1.807, 2.05) is 17.4 Å². The SMILES string of the molecule is C#C/C=C\C1=C(C)C2(CCCC2)c2cccc(N(c3ccccc3)c3ccc4sc5cc(C6(c7ccccc7)c7ccccc7-c7ccccc76)ccc5c4c3)c21. The van der Waals surface area contributed by atoms with E-state index in [-0.39, 0.29) is 5.41 Å². The van der Waals surface area contributed by atoms with Crippen molar-refractivity contribution < 1.29 is 0 Å². The summed E-state index contributed by atoms with van der Waals surface area (Å²) in [6, 6.07) is 61.2. The highest BCUT2D eigenvalue weighted by Crippen LogP contribution is 2.59. The predicted molar refractivity (Wildman–Crippen MR) is 242 cm³/mol. The first-order chi connectivity index (χ1) is 28.1. The van der Waals surface area contributed by atoms with Crippen LogP contribution in [0.15, 0.2) is 182 Å². The summed E-state index contributed by atoms with van der Waals surface area (Å²) in [5.74, 6) is 2.79. The van der Waals surface area contributed by atoms with Crippen LogP contribution in [0.3, 0.4) is 0 Å². The lowest BCUT2D eigenvalue weighted by Crippen LogP contribution is -2.28. The number of para-hydroxylation sites is 1. The molecule has 0 atom stereocenters. The Labute approximate surface area is 339 Å². The Kier molecular flexibility index (Phi) is 7.79. The molecule has 0 radical (unpaired) electrons. The molecule has 3 aliphatic rings. The molecule has 1 aromatic heterocycles. The average molecular weight is 748 g/mol. The van der Waals surface area contributed by atoms with Gasteiger partial charge in [0.2, 0.25) is 0 Å². The first kappa shape index (κ1) is 33.9. The fraction of sp³-hybridized carbons (Fsp3) is 0.127. The van der Waals surface area contributed by atoms with E-state index in [4.69, 9.17) is 6.42 Å². The first-order valence-corrected chi connectivity index (χ1v) is 21.0. The summed E-state index contributed by atoms with van der Waals surface area (Å²) in [5.41, 5.74) is 16.5. The van der Waals surface area contributed by atoms with Gasteiger partial charge in [0.15, 0.2) is 0 Å². The number of nitrogens with zero attached hydrogens (tertiary/aromatic N) is 1. The molecule has 11 rings (SSSR count). The topological polar surface area (TPSA) is 3.24 Å². The molecule has 0 aliphatic heterocycles. The van der Waals surface area contributed by atoms with E-state index in [0.717, 1.165) is 11.4 Å². The van der Waals surface area contributed by atoms with Crippen molar-refractivity contribution in [3.05, 3.63) is 215 Å². The summed E-state index contributed by atoms with van der Waals surface area (Å²) in [4.78, 5) is 2.47. The molecule has 0 N–H and O–H groups in total. The van der Waals surface area contributed by atoms with Crippen LogP contribution in [-0.2, 0) is 10.8 Å². The van der Waals surface area contributed by atoms with E-state index < -0.39 is 5.41 Å². The molecule has 0 saturated heterocycles. The van der Waals surface area contributed by atoms with Crippen molar-refractivity contribution in [1.29, 1.82) is 0 Å². The van der Waals surface area contributed by atoms with E-state index in [0.29, 0.717) is 0 Å². The molecular weight excluding hydrogens is 707 g/mol. The molecule has 0 unspecified atom stereocenters. The van der Waals surface area contributed by atoms with Crippen LogP contribution in [0.25, 0.3) is 36.9 Å². The second kappa shape index (κ2) is 13.1. The zero-order chi connectivity index (χ0) is 38.1. The molecule has 57 heavy (non-hydrogen) atoms. The number of hydrogen-bond acceptors (Lipinski definition) is 2. The molecule has 2 heteroatoms. The number of rotatable bonds is 6. The van der Waals surface area contributed by atoms with Gasteiger partial charge in [0.1, 0.15) is 0 Å². The van der Waals surface area contributed by atoms with Crippen LogP contribution < -0.4 is 4.90 Å². The Morgan fingerprint density at radius 3 is 1.98 bits per heavy atom. The van der Waals surface area contributed by atoms with Crippen molar-refractivity contribution in [1.82, 2.24) is 0 Å². The Hall–Kier alpha value is -6.40. The first-order valence-electron chi connectivity index (χ1n) is 20.2. The molecule has 1 spiro atoms. The Balaban J connectivity index is 1.11.